The molecule has 0 aromatic rings. The standard InChI is InChI=1S/C10H23N3O/c1-12-5-3-9(4-6-12)13(2)10(7-11)8-14/h9-10,14H,3-8,11H2,1-2H3. The molecule has 1 aliphatic rings. The van der Waals surface area contributed by atoms with Crippen LogP contribution in [0.2, 0.25) is 0 Å². The first kappa shape index (κ1) is 11.9. The number of aliphatic hydroxyl groups is 1. The van der Waals surface area contributed by atoms with Crippen LogP contribution in [-0.2, 0) is 0 Å². The third-order valence-corrected chi connectivity index (χ3v) is 3.32. The van der Waals surface area contributed by atoms with Crippen molar-refractivity contribution in [1.82, 2.24) is 9.80 Å². The summed E-state index contributed by atoms with van der Waals surface area (Å²) >= 11 is 0. The van der Waals surface area contributed by atoms with Crippen LogP contribution >= 0.6 is 0 Å². The van der Waals surface area contributed by atoms with Gasteiger partial charge >= 0.3 is 0 Å². The van der Waals surface area contributed by atoms with E-state index in [4.69, 9.17) is 10.8 Å². The van der Waals surface area contributed by atoms with Crippen molar-refractivity contribution in [3.8, 4) is 0 Å². The van der Waals surface area contributed by atoms with Crippen molar-refractivity contribution in [1.29, 1.82) is 0 Å². The average Bonchev–Trinajstić information content (AvgIpc) is 2.20. The lowest BCUT2D eigenvalue weighted by molar-refractivity contribution is 0.0769. The van der Waals surface area contributed by atoms with Crippen molar-refractivity contribution in [3.63, 3.8) is 0 Å². The largest absolute Gasteiger partial charge is 0.395 e. The molecule has 1 unspecified atom stereocenters. The molecule has 0 aromatic carbocycles. The summed E-state index contributed by atoms with van der Waals surface area (Å²) in [6.45, 7) is 3.01. The fraction of sp³-hybridized carbons (Fsp3) is 1.00. The zero-order chi connectivity index (χ0) is 10.6. The molecule has 1 aliphatic heterocycles. The molecule has 0 saturated carbocycles. The van der Waals surface area contributed by atoms with Gasteiger partial charge in [-0.2, -0.15) is 0 Å². The van der Waals surface area contributed by atoms with E-state index in [1.807, 2.05) is 0 Å². The van der Waals surface area contributed by atoms with E-state index in [1.165, 1.54) is 12.8 Å². The van der Waals surface area contributed by atoms with Crippen molar-refractivity contribution in [2.45, 2.75) is 24.9 Å². The molecule has 0 aromatic heterocycles. The average molecular weight is 201 g/mol. The number of likely N-dealkylation sites (tertiary alicyclic amines) is 1. The van der Waals surface area contributed by atoms with Crippen LogP contribution in [0.15, 0.2) is 0 Å². The molecule has 0 spiro atoms. The highest BCUT2D eigenvalue weighted by molar-refractivity contribution is 4.81. The predicted molar refractivity (Wildman–Crippen MR) is 58.2 cm³/mol. The second-order valence-electron chi connectivity index (χ2n) is 4.27. The number of rotatable bonds is 4. The molecule has 14 heavy (non-hydrogen) atoms. The first-order valence-corrected chi connectivity index (χ1v) is 5.40. The highest BCUT2D eigenvalue weighted by Gasteiger charge is 2.24. The first-order valence-electron chi connectivity index (χ1n) is 5.40. The molecular weight excluding hydrogens is 178 g/mol. The van der Waals surface area contributed by atoms with Gasteiger partial charge in [0.25, 0.3) is 0 Å². The molecule has 1 fully saturated rings. The summed E-state index contributed by atoms with van der Waals surface area (Å²) in [7, 11) is 4.23. The number of nitrogens with two attached hydrogens (primary N) is 1. The van der Waals surface area contributed by atoms with Gasteiger partial charge in [-0.3, -0.25) is 4.90 Å². The van der Waals surface area contributed by atoms with Gasteiger partial charge in [0.2, 0.25) is 0 Å². The fourth-order valence-electron chi connectivity index (χ4n) is 2.07. The van der Waals surface area contributed by atoms with Gasteiger partial charge in [-0.05, 0) is 40.0 Å². The lowest BCUT2D eigenvalue weighted by Crippen LogP contribution is -2.50. The van der Waals surface area contributed by atoms with Gasteiger partial charge in [-0.15, -0.1) is 0 Å². The summed E-state index contributed by atoms with van der Waals surface area (Å²) in [6.07, 6.45) is 2.37. The van der Waals surface area contributed by atoms with Crippen LogP contribution in [0, 0.1) is 0 Å². The van der Waals surface area contributed by atoms with Crippen molar-refractivity contribution in [2.75, 3.05) is 40.3 Å². The fourth-order valence-corrected chi connectivity index (χ4v) is 2.07. The predicted octanol–water partition coefficient (Wildman–Crippen LogP) is -0.668. The summed E-state index contributed by atoms with van der Waals surface area (Å²) in [4.78, 5) is 4.59. The summed E-state index contributed by atoms with van der Waals surface area (Å²) in [5, 5.41) is 9.15. The van der Waals surface area contributed by atoms with Crippen molar-refractivity contribution in [2.24, 2.45) is 5.73 Å². The Balaban J connectivity index is 2.39. The van der Waals surface area contributed by atoms with Gasteiger partial charge < -0.3 is 15.7 Å². The van der Waals surface area contributed by atoms with Crippen LogP contribution in [0.1, 0.15) is 12.8 Å². The van der Waals surface area contributed by atoms with Crippen LogP contribution < -0.4 is 5.73 Å². The van der Waals surface area contributed by atoms with E-state index in [-0.39, 0.29) is 12.6 Å². The summed E-state index contributed by atoms with van der Waals surface area (Å²) in [5.74, 6) is 0. The maximum absolute atomic E-state index is 9.15. The topological polar surface area (TPSA) is 52.7 Å². The zero-order valence-corrected chi connectivity index (χ0v) is 9.32. The van der Waals surface area contributed by atoms with E-state index in [0.29, 0.717) is 12.6 Å². The smallest absolute Gasteiger partial charge is 0.0599 e. The molecular formula is C10H23N3O. The Morgan fingerprint density at radius 3 is 2.50 bits per heavy atom. The molecule has 1 rings (SSSR count). The van der Waals surface area contributed by atoms with E-state index in [1.54, 1.807) is 0 Å². The van der Waals surface area contributed by atoms with Crippen molar-refractivity contribution in [3.05, 3.63) is 0 Å². The van der Waals surface area contributed by atoms with Crippen molar-refractivity contribution < 1.29 is 5.11 Å². The monoisotopic (exact) mass is 201 g/mol. The number of nitrogens with zero attached hydrogens (tertiary/aromatic N) is 2. The minimum Gasteiger partial charge on any atom is -0.395 e. The highest BCUT2D eigenvalue weighted by Crippen LogP contribution is 2.15. The van der Waals surface area contributed by atoms with Gasteiger partial charge in [0.05, 0.1) is 6.61 Å². The van der Waals surface area contributed by atoms with E-state index in [0.717, 1.165) is 13.1 Å². The lowest BCUT2D eigenvalue weighted by atomic mass is 10.0. The van der Waals surface area contributed by atoms with Gasteiger partial charge in [0.1, 0.15) is 0 Å². The Labute approximate surface area is 86.7 Å². The second kappa shape index (κ2) is 5.66. The molecule has 0 amide bonds. The molecule has 1 atom stereocenters. The van der Waals surface area contributed by atoms with Gasteiger partial charge in [0, 0.05) is 18.6 Å². The van der Waals surface area contributed by atoms with E-state index < -0.39 is 0 Å². The second-order valence-corrected chi connectivity index (χ2v) is 4.27. The number of aliphatic hydroxyl groups excluding tert-OH is 1. The molecule has 0 radical (unpaired) electrons. The Morgan fingerprint density at radius 2 is 2.07 bits per heavy atom. The molecule has 1 heterocycles. The van der Waals surface area contributed by atoms with E-state index >= 15 is 0 Å². The van der Waals surface area contributed by atoms with Crippen LogP contribution in [-0.4, -0.2) is 67.3 Å². The molecule has 4 heteroatoms. The SMILES string of the molecule is CN1CCC(N(C)C(CN)CO)CC1. The Morgan fingerprint density at radius 1 is 1.50 bits per heavy atom. The lowest BCUT2D eigenvalue weighted by Gasteiger charge is -2.38. The zero-order valence-electron chi connectivity index (χ0n) is 9.32. The highest BCUT2D eigenvalue weighted by atomic mass is 16.3. The Bertz CT molecular complexity index is 153. The van der Waals surface area contributed by atoms with Gasteiger partial charge in [0.15, 0.2) is 0 Å². The molecule has 0 aliphatic carbocycles. The van der Waals surface area contributed by atoms with E-state index in [9.17, 15) is 0 Å². The Kier molecular flexibility index (Phi) is 4.81. The van der Waals surface area contributed by atoms with E-state index in [2.05, 4.69) is 23.9 Å². The van der Waals surface area contributed by atoms with Gasteiger partial charge in [-0.25, -0.2) is 0 Å². The number of hydrogen-bond acceptors (Lipinski definition) is 4. The number of likely N-dealkylation sites (N-methyl/N-ethyl adjacent to an activating group) is 1. The molecule has 84 valence electrons. The molecule has 3 N–H and O–H groups in total. The molecule has 1 saturated heterocycles. The minimum absolute atomic E-state index is 0.128. The van der Waals surface area contributed by atoms with Crippen molar-refractivity contribution >= 4 is 0 Å². The van der Waals surface area contributed by atoms with Crippen LogP contribution in [0.5, 0.6) is 0 Å². The Hall–Kier alpha value is -0.160. The normalized spacial score (nSPS) is 22.9. The third kappa shape index (κ3) is 2.92. The molecule has 4 nitrogen and oxygen atoms in total. The third-order valence-electron chi connectivity index (χ3n) is 3.32. The van der Waals surface area contributed by atoms with Crippen LogP contribution in [0.3, 0.4) is 0 Å². The maximum Gasteiger partial charge on any atom is 0.0599 e. The molecule has 0 bridgehead atoms. The van der Waals surface area contributed by atoms with Crippen LogP contribution in [0.25, 0.3) is 0 Å². The summed E-state index contributed by atoms with van der Waals surface area (Å²) in [5.41, 5.74) is 5.61. The summed E-state index contributed by atoms with van der Waals surface area (Å²) < 4.78 is 0. The number of piperidine rings is 1. The quantitative estimate of drug-likeness (QED) is 0.633. The summed E-state index contributed by atoms with van der Waals surface area (Å²) in [6, 6.07) is 0.718. The van der Waals surface area contributed by atoms with Gasteiger partial charge in [-0.1, -0.05) is 0 Å². The minimum atomic E-state index is 0.128. The first-order chi connectivity index (χ1) is 6.69. The van der Waals surface area contributed by atoms with Crippen LogP contribution in [0.4, 0.5) is 0 Å². The number of hydrogen-bond donors (Lipinski definition) is 2. The maximum atomic E-state index is 9.15.